The number of ether oxygens (including phenoxy) is 1. The van der Waals surface area contributed by atoms with Crippen molar-refractivity contribution in [3.63, 3.8) is 0 Å². The molecule has 2 aliphatic rings. The Kier molecular flexibility index (Phi) is 2.61. The Bertz CT molecular complexity index is 208. The van der Waals surface area contributed by atoms with Crippen molar-refractivity contribution < 1.29 is 4.74 Å². The van der Waals surface area contributed by atoms with Crippen LogP contribution in [0.3, 0.4) is 0 Å². The SMILES string of the molecule is CCC1N(C)CC12CC(OC(C)C)C2. The third-order valence-corrected chi connectivity index (χ3v) is 3.92. The van der Waals surface area contributed by atoms with E-state index in [-0.39, 0.29) is 0 Å². The van der Waals surface area contributed by atoms with Gasteiger partial charge in [0.2, 0.25) is 0 Å². The molecular weight excluding hydrogens is 174 g/mol. The number of likely N-dealkylation sites (tertiary alicyclic amines) is 1. The Hall–Kier alpha value is -0.0800. The molecule has 1 spiro atoms. The quantitative estimate of drug-likeness (QED) is 0.688. The molecule has 0 N–H and O–H groups in total. The smallest absolute Gasteiger partial charge is 0.0591 e. The summed E-state index contributed by atoms with van der Waals surface area (Å²) in [6, 6.07) is 0.828. The second kappa shape index (κ2) is 3.49. The fourth-order valence-electron chi connectivity index (χ4n) is 3.54. The average molecular weight is 197 g/mol. The standard InChI is InChI=1S/C12H23NO/c1-5-11-12(8-13(11)4)6-10(7-12)14-9(2)3/h9-11H,5-8H2,1-4H3. The van der Waals surface area contributed by atoms with E-state index in [1.807, 2.05) is 0 Å². The van der Waals surface area contributed by atoms with Crippen LogP contribution < -0.4 is 0 Å². The summed E-state index contributed by atoms with van der Waals surface area (Å²) >= 11 is 0. The Morgan fingerprint density at radius 1 is 1.43 bits per heavy atom. The lowest BCUT2D eigenvalue weighted by Crippen LogP contribution is -2.69. The average Bonchev–Trinajstić information content (AvgIpc) is 1.99. The van der Waals surface area contributed by atoms with Gasteiger partial charge in [0.25, 0.3) is 0 Å². The molecule has 1 aliphatic carbocycles. The van der Waals surface area contributed by atoms with Crippen molar-refractivity contribution in [2.75, 3.05) is 13.6 Å². The van der Waals surface area contributed by atoms with Crippen LogP contribution in [0, 0.1) is 5.41 Å². The molecule has 14 heavy (non-hydrogen) atoms. The first-order chi connectivity index (χ1) is 6.57. The Labute approximate surface area is 87.6 Å². The van der Waals surface area contributed by atoms with Crippen molar-refractivity contribution in [3.05, 3.63) is 0 Å². The Morgan fingerprint density at radius 3 is 2.50 bits per heavy atom. The minimum Gasteiger partial charge on any atom is -0.376 e. The van der Waals surface area contributed by atoms with E-state index >= 15 is 0 Å². The van der Waals surface area contributed by atoms with Crippen LogP contribution in [0.15, 0.2) is 0 Å². The van der Waals surface area contributed by atoms with E-state index in [2.05, 4.69) is 32.7 Å². The minimum atomic E-state index is 0.398. The van der Waals surface area contributed by atoms with Crippen molar-refractivity contribution in [3.8, 4) is 0 Å². The normalized spacial score (nSPS) is 42.6. The molecule has 0 aromatic heterocycles. The zero-order chi connectivity index (χ0) is 10.3. The van der Waals surface area contributed by atoms with Gasteiger partial charge in [-0.05, 0) is 40.2 Å². The second-order valence-corrected chi connectivity index (χ2v) is 5.42. The molecule has 2 heteroatoms. The van der Waals surface area contributed by atoms with Crippen molar-refractivity contribution in [2.45, 2.75) is 58.3 Å². The second-order valence-electron chi connectivity index (χ2n) is 5.42. The van der Waals surface area contributed by atoms with Crippen LogP contribution in [0.5, 0.6) is 0 Å². The first kappa shape index (κ1) is 10.4. The number of nitrogens with zero attached hydrogens (tertiary/aromatic N) is 1. The molecule has 2 fully saturated rings. The summed E-state index contributed by atoms with van der Waals surface area (Å²) in [6.45, 7) is 7.87. The summed E-state index contributed by atoms with van der Waals surface area (Å²) in [5, 5.41) is 0. The van der Waals surface area contributed by atoms with Crippen LogP contribution in [0.25, 0.3) is 0 Å². The van der Waals surface area contributed by atoms with E-state index in [0.717, 1.165) is 6.04 Å². The lowest BCUT2D eigenvalue weighted by Gasteiger charge is -2.64. The molecule has 0 aromatic rings. The molecule has 1 saturated carbocycles. The van der Waals surface area contributed by atoms with E-state index in [4.69, 9.17) is 4.74 Å². The summed E-state index contributed by atoms with van der Waals surface area (Å²) in [7, 11) is 2.25. The molecule has 1 heterocycles. The highest BCUT2D eigenvalue weighted by molar-refractivity contribution is 5.10. The molecule has 1 aliphatic heterocycles. The number of hydrogen-bond donors (Lipinski definition) is 0. The van der Waals surface area contributed by atoms with Gasteiger partial charge in [-0.25, -0.2) is 0 Å². The van der Waals surface area contributed by atoms with E-state index in [1.165, 1.54) is 25.8 Å². The number of rotatable bonds is 3. The van der Waals surface area contributed by atoms with E-state index in [0.29, 0.717) is 17.6 Å². The molecule has 0 aromatic carbocycles. The van der Waals surface area contributed by atoms with Crippen molar-refractivity contribution in [1.29, 1.82) is 0 Å². The molecule has 1 saturated heterocycles. The maximum absolute atomic E-state index is 5.83. The summed E-state index contributed by atoms with van der Waals surface area (Å²) in [5.74, 6) is 0. The van der Waals surface area contributed by atoms with Gasteiger partial charge in [0.15, 0.2) is 0 Å². The topological polar surface area (TPSA) is 12.5 Å². The van der Waals surface area contributed by atoms with Crippen molar-refractivity contribution in [1.82, 2.24) is 4.90 Å². The van der Waals surface area contributed by atoms with Gasteiger partial charge in [0.1, 0.15) is 0 Å². The predicted molar refractivity (Wildman–Crippen MR) is 58.4 cm³/mol. The van der Waals surface area contributed by atoms with E-state index < -0.39 is 0 Å². The lowest BCUT2D eigenvalue weighted by molar-refractivity contribution is -0.192. The third-order valence-electron chi connectivity index (χ3n) is 3.92. The van der Waals surface area contributed by atoms with Crippen LogP contribution >= 0.6 is 0 Å². The highest BCUT2D eigenvalue weighted by Gasteiger charge is 2.57. The molecule has 82 valence electrons. The molecule has 0 radical (unpaired) electrons. The van der Waals surface area contributed by atoms with Gasteiger partial charge in [0.05, 0.1) is 12.2 Å². The van der Waals surface area contributed by atoms with Gasteiger partial charge in [-0.3, -0.25) is 0 Å². The van der Waals surface area contributed by atoms with Gasteiger partial charge in [-0.15, -0.1) is 0 Å². The van der Waals surface area contributed by atoms with E-state index in [9.17, 15) is 0 Å². The first-order valence-corrected chi connectivity index (χ1v) is 5.93. The molecule has 2 nitrogen and oxygen atoms in total. The highest BCUT2D eigenvalue weighted by atomic mass is 16.5. The fourth-order valence-corrected chi connectivity index (χ4v) is 3.54. The van der Waals surface area contributed by atoms with Gasteiger partial charge < -0.3 is 9.64 Å². The number of hydrogen-bond acceptors (Lipinski definition) is 2. The van der Waals surface area contributed by atoms with Crippen LogP contribution in [-0.2, 0) is 4.74 Å². The highest BCUT2D eigenvalue weighted by Crippen LogP contribution is 2.54. The van der Waals surface area contributed by atoms with Crippen LogP contribution in [0.2, 0.25) is 0 Å². The maximum Gasteiger partial charge on any atom is 0.0591 e. The summed E-state index contributed by atoms with van der Waals surface area (Å²) in [6.07, 6.45) is 4.85. The van der Waals surface area contributed by atoms with Gasteiger partial charge >= 0.3 is 0 Å². The lowest BCUT2D eigenvalue weighted by atomic mass is 9.56. The molecule has 1 atom stereocenters. The molecule has 1 unspecified atom stereocenters. The van der Waals surface area contributed by atoms with Gasteiger partial charge in [-0.2, -0.15) is 0 Å². The maximum atomic E-state index is 5.83. The Balaban J connectivity index is 1.81. The Morgan fingerprint density at radius 2 is 2.07 bits per heavy atom. The zero-order valence-electron chi connectivity index (χ0n) is 9.92. The van der Waals surface area contributed by atoms with E-state index in [1.54, 1.807) is 0 Å². The monoisotopic (exact) mass is 197 g/mol. The first-order valence-electron chi connectivity index (χ1n) is 5.93. The summed E-state index contributed by atoms with van der Waals surface area (Å²) in [4.78, 5) is 2.49. The van der Waals surface area contributed by atoms with Gasteiger partial charge in [0, 0.05) is 18.0 Å². The minimum absolute atomic E-state index is 0.398. The molecular formula is C12H23NO. The molecule has 0 bridgehead atoms. The van der Waals surface area contributed by atoms with Crippen molar-refractivity contribution in [2.24, 2.45) is 5.41 Å². The summed E-state index contributed by atoms with van der Waals surface area (Å²) in [5.41, 5.74) is 0.642. The van der Waals surface area contributed by atoms with Gasteiger partial charge in [-0.1, -0.05) is 6.92 Å². The van der Waals surface area contributed by atoms with Crippen molar-refractivity contribution >= 4 is 0 Å². The predicted octanol–water partition coefficient (Wildman–Crippen LogP) is 2.28. The fraction of sp³-hybridized carbons (Fsp3) is 1.00. The van der Waals surface area contributed by atoms with Crippen LogP contribution in [0.1, 0.15) is 40.0 Å². The van der Waals surface area contributed by atoms with Crippen LogP contribution in [0.4, 0.5) is 0 Å². The largest absolute Gasteiger partial charge is 0.376 e. The molecule has 0 amide bonds. The van der Waals surface area contributed by atoms with Crippen LogP contribution in [-0.4, -0.2) is 36.7 Å². The third kappa shape index (κ3) is 1.49. The zero-order valence-corrected chi connectivity index (χ0v) is 9.92. The summed E-state index contributed by atoms with van der Waals surface area (Å²) < 4.78 is 5.83. The molecule has 2 rings (SSSR count).